The Bertz CT molecular complexity index is 1080. The average Bonchev–Trinajstić information content (AvgIpc) is 3.13. The molecule has 0 bridgehead atoms. The van der Waals surface area contributed by atoms with Crippen LogP contribution in [0.4, 0.5) is 31.2 Å². The topological polar surface area (TPSA) is 65.1 Å². The van der Waals surface area contributed by atoms with Gasteiger partial charge in [-0.3, -0.25) is 14.1 Å². The number of anilines is 3. The third-order valence-electron chi connectivity index (χ3n) is 7.00. The van der Waals surface area contributed by atoms with Crippen molar-refractivity contribution in [2.24, 2.45) is 0 Å². The Morgan fingerprint density at radius 1 is 0.373 bits per heavy atom. The SMILES string of the molecule is COCCc1ccccc1N([S])CCOC.COCCc1ccccc1N([S])CCOC.COCCc1ccccc1N([S])CCOC.F.F.F. The van der Waals surface area contributed by atoms with Gasteiger partial charge < -0.3 is 41.3 Å². The first-order valence-electron chi connectivity index (χ1n) is 15.9. The zero-order chi connectivity index (χ0) is 35.4. The molecule has 0 aliphatic rings. The van der Waals surface area contributed by atoms with E-state index in [0.29, 0.717) is 39.6 Å². The van der Waals surface area contributed by atoms with Crippen molar-refractivity contribution in [3.63, 3.8) is 0 Å². The molecule has 51 heavy (non-hydrogen) atoms. The lowest BCUT2D eigenvalue weighted by atomic mass is 10.1. The predicted molar refractivity (Wildman–Crippen MR) is 214 cm³/mol. The number of nitrogens with zero attached hydrogens (tertiary/aromatic N) is 3. The van der Waals surface area contributed by atoms with Crippen LogP contribution in [0.5, 0.6) is 0 Å². The minimum atomic E-state index is 0. The second-order valence-corrected chi connectivity index (χ2v) is 11.7. The van der Waals surface area contributed by atoms with Gasteiger partial charge in [0.25, 0.3) is 0 Å². The fourth-order valence-electron chi connectivity index (χ4n) is 4.42. The molecule has 291 valence electrons. The van der Waals surface area contributed by atoms with Crippen LogP contribution in [0.25, 0.3) is 0 Å². The summed E-state index contributed by atoms with van der Waals surface area (Å²) in [5.74, 6) is 0. The quantitative estimate of drug-likeness (QED) is 0.108. The number of benzene rings is 3. The van der Waals surface area contributed by atoms with E-state index in [0.717, 1.165) is 56.0 Å². The van der Waals surface area contributed by atoms with E-state index in [1.165, 1.54) is 16.7 Å². The zero-order valence-corrected chi connectivity index (χ0v) is 33.1. The number of methoxy groups -OCH3 is 6. The Labute approximate surface area is 320 Å². The maximum Gasteiger partial charge on any atom is 0.0648 e. The molecule has 0 spiro atoms. The minimum absolute atomic E-state index is 0. The monoisotopic (exact) mass is 780 g/mol. The van der Waals surface area contributed by atoms with E-state index in [9.17, 15) is 0 Å². The van der Waals surface area contributed by atoms with Crippen LogP contribution in [0.2, 0.25) is 0 Å². The Kier molecular flexibility index (Phi) is 36.1. The third-order valence-corrected chi connectivity index (χ3v) is 8.14. The highest BCUT2D eigenvalue weighted by Gasteiger charge is 2.10. The standard InChI is InChI=1S/3C12H18NO2S.3FH/c3*1-14-9-7-11-5-3-4-6-12(11)13(16)8-10-15-2;;;/h3*3-6H,7-10H2,1-2H3;3*1H. The first kappa shape index (κ1) is 53.0. The van der Waals surface area contributed by atoms with Crippen LogP contribution in [0.3, 0.4) is 0 Å². The van der Waals surface area contributed by atoms with Gasteiger partial charge in [-0.1, -0.05) is 54.6 Å². The largest absolute Gasteiger partial charge is 0.384 e. The Balaban J connectivity index is -0.000000658. The van der Waals surface area contributed by atoms with Crippen LogP contribution in [0.1, 0.15) is 16.7 Å². The molecule has 0 unspecified atom stereocenters. The second kappa shape index (κ2) is 34.7. The lowest BCUT2D eigenvalue weighted by Crippen LogP contribution is -2.18. The number of para-hydroxylation sites is 3. The van der Waals surface area contributed by atoms with E-state index < -0.39 is 0 Å². The van der Waals surface area contributed by atoms with Gasteiger partial charge in [0.05, 0.1) is 76.3 Å². The van der Waals surface area contributed by atoms with Crippen LogP contribution in [-0.4, -0.2) is 102 Å². The van der Waals surface area contributed by atoms with Crippen LogP contribution in [0, 0.1) is 0 Å². The second-order valence-electron chi connectivity index (χ2n) is 10.4. The highest BCUT2D eigenvalue weighted by atomic mass is 32.1. The molecule has 15 heteroatoms. The van der Waals surface area contributed by atoms with E-state index >= 15 is 0 Å². The van der Waals surface area contributed by atoms with Crippen LogP contribution >= 0.6 is 38.4 Å². The fourth-order valence-corrected chi connectivity index (χ4v) is 5.17. The lowest BCUT2D eigenvalue weighted by Gasteiger charge is -2.19. The highest BCUT2D eigenvalue weighted by molar-refractivity contribution is 7.82. The van der Waals surface area contributed by atoms with Crippen molar-refractivity contribution >= 4 is 55.5 Å². The summed E-state index contributed by atoms with van der Waals surface area (Å²) >= 11 is 16.0. The Hall–Kier alpha value is -2.34. The maximum absolute atomic E-state index is 5.32. The van der Waals surface area contributed by atoms with Crippen molar-refractivity contribution in [2.45, 2.75) is 19.3 Å². The molecule has 0 saturated carbocycles. The fraction of sp³-hybridized carbons (Fsp3) is 0.500. The van der Waals surface area contributed by atoms with Crippen molar-refractivity contribution in [1.29, 1.82) is 0 Å². The van der Waals surface area contributed by atoms with Crippen LogP contribution in [-0.2, 0) is 47.7 Å². The molecule has 0 fully saturated rings. The van der Waals surface area contributed by atoms with Gasteiger partial charge in [-0.2, -0.15) is 0 Å². The average molecular weight is 781 g/mol. The predicted octanol–water partition coefficient (Wildman–Crippen LogP) is 7.78. The van der Waals surface area contributed by atoms with E-state index in [1.54, 1.807) is 55.6 Å². The van der Waals surface area contributed by atoms with Crippen molar-refractivity contribution < 1.29 is 42.5 Å². The number of halogens is 3. The van der Waals surface area contributed by atoms with Crippen molar-refractivity contribution in [2.75, 3.05) is 115 Å². The lowest BCUT2D eigenvalue weighted by molar-refractivity contribution is 0.202. The van der Waals surface area contributed by atoms with Crippen LogP contribution in [0.15, 0.2) is 72.8 Å². The van der Waals surface area contributed by atoms with Gasteiger partial charge in [0, 0.05) is 81.1 Å². The van der Waals surface area contributed by atoms with Gasteiger partial charge in [0.1, 0.15) is 0 Å². The van der Waals surface area contributed by atoms with Gasteiger partial charge >= 0.3 is 0 Å². The summed E-state index contributed by atoms with van der Waals surface area (Å²) in [5, 5.41) is 0. The molecule has 0 aliphatic carbocycles. The summed E-state index contributed by atoms with van der Waals surface area (Å²) in [7, 11) is 10.2. The Morgan fingerprint density at radius 2 is 0.588 bits per heavy atom. The van der Waals surface area contributed by atoms with E-state index in [2.05, 4.69) is 18.2 Å². The minimum Gasteiger partial charge on any atom is -0.384 e. The zero-order valence-electron chi connectivity index (χ0n) is 30.7. The Morgan fingerprint density at radius 3 is 0.804 bits per heavy atom. The smallest absolute Gasteiger partial charge is 0.0648 e. The molecule has 0 amide bonds. The first-order chi connectivity index (χ1) is 23.4. The molecular formula is C36H57F3N3O6S3. The summed E-state index contributed by atoms with van der Waals surface area (Å²) in [5.41, 5.74) is 6.88. The molecule has 3 radical (unpaired) electrons. The molecule has 3 aromatic rings. The summed E-state index contributed by atoms with van der Waals surface area (Å²) in [4.78, 5) is 0. The van der Waals surface area contributed by atoms with Crippen molar-refractivity contribution in [1.82, 2.24) is 0 Å². The van der Waals surface area contributed by atoms with Gasteiger partial charge in [0.2, 0.25) is 0 Å². The summed E-state index contributed by atoms with van der Waals surface area (Å²) in [6.07, 6.45) is 2.65. The van der Waals surface area contributed by atoms with Gasteiger partial charge in [-0.05, 0) is 54.2 Å². The van der Waals surface area contributed by atoms with Crippen molar-refractivity contribution in [3.05, 3.63) is 89.5 Å². The number of rotatable bonds is 21. The molecule has 0 aliphatic heterocycles. The highest BCUT2D eigenvalue weighted by Crippen LogP contribution is 2.24. The molecule has 3 aromatic carbocycles. The van der Waals surface area contributed by atoms with E-state index in [-0.39, 0.29) is 14.1 Å². The molecule has 0 aromatic heterocycles. The molecular weight excluding hydrogens is 724 g/mol. The summed E-state index contributed by atoms with van der Waals surface area (Å²) in [6, 6.07) is 24.4. The summed E-state index contributed by atoms with van der Waals surface area (Å²) in [6.45, 7) is 6.22. The van der Waals surface area contributed by atoms with Gasteiger partial charge in [-0.15, -0.1) is 0 Å². The molecule has 0 heterocycles. The molecule has 3 rings (SSSR count). The number of hydrogen-bond acceptors (Lipinski definition) is 9. The van der Waals surface area contributed by atoms with E-state index in [4.69, 9.17) is 66.9 Å². The number of hydrogen-bond donors (Lipinski definition) is 0. The molecule has 0 saturated heterocycles. The maximum atomic E-state index is 5.32. The molecule has 0 N–H and O–H groups in total. The van der Waals surface area contributed by atoms with Crippen LogP contribution < -0.4 is 12.9 Å². The normalized spacial score (nSPS) is 9.82. The summed E-state index contributed by atoms with van der Waals surface area (Å²) < 4.78 is 35.7. The molecule has 9 nitrogen and oxygen atoms in total. The van der Waals surface area contributed by atoms with Crippen molar-refractivity contribution in [3.8, 4) is 0 Å². The van der Waals surface area contributed by atoms with Gasteiger partial charge in [-0.25, -0.2) is 0 Å². The van der Waals surface area contributed by atoms with E-state index in [1.807, 2.05) is 54.6 Å². The number of ether oxygens (including phenoxy) is 6. The first-order valence-corrected chi connectivity index (χ1v) is 17.0. The molecule has 0 atom stereocenters. The third kappa shape index (κ3) is 22.4. The van der Waals surface area contributed by atoms with Gasteiger partial charge in [0.15, 0.2) is 0 Å².